The zero-order chi connectivity index (χ0) is 15.1. The Labute approximate surface area is 124 Å². The summed E-state index contributed by atoms with van der Waals surface area (Å²) in [4.78, 5) is 11.9. The van der Waals surface area contributed by atoms with Crippen LogP contribution < -0.4 is 14.8 Å². The van der Waals surface area contributed by atoms with Crippen LogP contribution in [0.15, 0.2) is 48.5 Å². The molecule has 0 radical (unpaired) electrons. The number of benzene rings is 2. The Morgan fingerprint density at radius 3 is 2.24 bits per heavy atom. The molecule has 0 aliphatic heterocycles. The molecular weight excluding hydrogens is 266 g/mol. The predicted octanol–water partition coefficient (Wildman–Crippen LogP) is 2.81. The van der Waals surface area contributed by atoms with Crippen LogP contribution in [0.1, 0.15) is 15.9 Å². The Kier molecular flexibility index (Phi) is 5.21. The molecule has 4 heteroatoms. The van der Waals surface area contributed by atoms with Crippen molar-refractivity contribution in [1.29, 1.82) is 0 Å². The average Bonchev–Trinajstić information content (AvgIpc) is 2.53. The van der Waals surface area contributed by atoms with Gasteiger partial charge in [-0.3, -0.25) is 4.79 Å². The highest BCUT2D eigenvalue weighted by Gasteiger charge is 2.04. The van der Waals surface area contributed by atoms with Crippen LogP contribution >= 0.6 is 0 Å². The van der Waals surface area contributed by atoms with Crippen molar-refractivity contribution in [1.82, 2.24) is 5.32 Å². The number of carbonyl (C=O) groups excluding carboxylic acids is 1. The lowest BCUT2D eigenvalue weighted by atomic mass is 10.2. The molecule has 0 bridgehead atoms. The third kappa shape index (κ3) is 4.53. The molecule has 0 atom stereocenters. The summed E-state index contributed by atoms with van der Waals surface area (Å²) in [5.41, 5.74) is 1.79. The monoisotopic (exact) mass is 285 g/mol. The van der Waals surface area contributed by atoms with Crippen molar-refractivity contribution >= 4 is 5.91 Å². The number of hydrogen-bond donors (Lipinski definition) is 1. The van der Waals surface area contributed by atoms with Crippen molar-refractivity contribution in [2.45, 2.75) is 6.92 Å². The fraction of sp³-hybridized carbons (Fsp3) is 0.235. The van der Waals surface area contributed by atoms with Crippen molar-refractivity contribution in [2.75, 3.05) is 20.3 Å². The number of rotatable bonds is 6. The minimum absolute atomic E-state index is 0.120. The van der Waals surface area contributed by atoms with Gasteiger partial charge in [-0.2, -0.15) is 0 Å². The van der Waals surface area contributed by atoms with Gasteiger partial charge in [0.15, 0.2) is 0 Å². The van der Waals surface area contributed by atoms with Gasteiger partial charge in [0.25, 0.3) is 5.91 Å². The highest BCUT2D eigenvalue weighted by atomic mass is 16.5. The molecule has 0 saturated heterocycles. The molecule has 0 aromatic heterocycles. The van der Waals surface area contributed by atoms with Crippen LogP contribution in [-0.4, -0.2) is 26.2 Å². The molecule has 1 N–H and O–H groups in total. The zero-order valence-electron chi connectivity index (χ0n) is 12.3. The van der Waals surface area contributed by atoms with E-state index in [2.05, 4.69) is 5.32 Å². The maximum absolute atomic E-state index is 11.9. The van der Waals surface area contributed by atoms with E-state index < -0.39 is 0 Å². The Morgan fingerprint density at radius 1 is 1.00 bits per heavy atom. The van der Waals surface area contributed by atoms with Crippen molar-refractivity contribution in [3.8, 4) is 11.5 Å². The Hall–Kier alpha value is -2.49. The third-order valence-electron chi connectivity index (χ3n) is 3.03. The van der Waals surface area contributed by atoms with Crippen molar-refractivity contribution in [2.24, 2.45) is 0 Å². The van der Waals surface area contributed by atoms with Crippen molar-refractivity contribution in [3.05, 3.63) is 59.7 Å². The Morgan fingerprint density at radius 2 is 1.62 bits per heavy atom. The second-order valence-electron chi connectivity index (χ2n) is 4.65. The molecule has 0 heterocycles. The second kappa shape index (κ2) is 7.33. The van der Waals surface area contributed by atoms with E-state index in [9.17, 15) is 4.79 Å². The van der Waals surface area contributed by atoms with E-state index in [1.54, 1.807) is 31.4 Å². The maximum atomic E-state index is 11.9. The molecule has 0 saturated carbocycles. The quantitative estimate of drug-likeness (QED) is 0.830. The molecule has 4 nitrogen and oxygen atoms in total. The summed E-state index contributed by atoms with van der Waals surface area (Å²) in [5.74, 6) is 1.42. The second-order valence-corrected chi connectivity index (χ2v) is 4.65. The van der Waals surface area contributed by atoms with Crippen LogP contribution in [0, 0.1) is 6.92 Å². The lowest BCUT2D eigenvalue weighted by Gasteiger charge is -2.08. The van der Waals surface area contributed by atoms with Crippen LogP contribution in [-0.2, 0) is 0 Å². The lowest BCUT2D eigenvalue weighted by molar-refractivity contribution is 0.0947. The minimum atomic E-state index is -0.120. The van der Waals surface area contributed by atoms with Gasteiger partial charge in [-0.15, -0.1) is 0 Å². The summed E-state index contributed by atoms with van der Waals surface area (Å²) in [7, 11) is 1.59. The van der Waals surface area contributed by atoms with Crippen LogP contribution in [0.2, 0.25) is 0 Å². The van der Waals surface area contributed by atoms with Gasteiger partial charge in [0.05, 0.1) is 13.7 Å². The summed E-state index contributed by atoms with van der Waals surface area (Å²) < 4.78 is 10.6. The fourth-order valence-corrected chi connectivity index (χ4v) is 1.81. The standard InChI is InChI=1S/C17H19NO3/c1-13-3-7-16(8-4-13)21-12-11-18-17(19)14-5-9-15(20-2)10-6-14/h3-10H,11-12H2,1-2H3,(H,18,19). The van der Waals surface area contributed by atoms with Gasteiger partial charge in [0, 0.05) is 5.56 Å². The van der Waals surface area contributed by atoms with E-state index in [4.69, 9.17) is 9.47 Å². The molecule has 1 amide bonds. The molecule has 0 aliphatic rings. The molecule has 110 valence electrons. The molecule has 2 aromatic carbocycles. The molecule has 2 rings (SSSR count). The van der Waals surface area contributed by atoms with Gasteiger partial charge in [0.2, 0.25) is 0 Å². The lowest BCUT2D eigenvalue weighted by Crippen LogP contribution is -2.28. The topological polar surface area (TPSA) is 47.6 Å². The highest BCUT2D eigenvalue weighted by molar-refractivity contribution is 5.94. The fourth-order valence-electron chi connectivity index (χ4n) is 1.81. The normalized spacial score (nSPS) is 10.0. The first kappa shape index (κ1) is 14.9. The first-order valence-electron chi connectivity index (χ1n) is 6.81. The van der Waals surface area contributed by atoms with Gasteiger partial charge in [0.1, 0.15) is 18.1 Å². The first-order chi connectivity index (χ1) is 10.2. The van der Waals surface area contributed by atoms with E-state index in [0.29, 0.717) is 18.7 Å². The first-order valence-corrected chi connectivity index (χ1v) is 6.81. The summed E-state index contributed by atoms with van der Waals surface area (Å²) >= 11 is 0. The van der Waals surface area contributed by atoms with Crippen LogP contribution in [0.4, 0.5) is 0 Å². The Balaban J connectivity index is 1.74. The van der Waals surface area contributed by atoms with Gasteiger partial charge in [-0.05, 0) is 43.3 Å². The molecule has 0 spiro atoms. The number of hydrogen-bond acceptors (Lipinski definition) is 3. The molecule has 0 aliphatic carbocycles. The number of aryl methyl sites for hydroxylation is 1. The van der Waals surface area contributed by atoms with Crippen molar-refractivity contribution < 1.29 is 14.3 Å². The number of amides is 1. The molecule has 0 unspecified atom stereocenters. The molecular formula is C17H19NO3. The van der Waals surface area contributed by atoms with E-state index in [-0.39, 0.29) is 5.91 Å². The summed E-state index contributed by atoms with van der Waals surface area (Å²) in [6.07, 6.45) is 0. The van der Waals surface area contributed by atoms with Crippen molar-refractivity contribution in [3.63, 3.8) is 0 Å². The molecule has 21 heavy (non-hydrogen) atoms. The van der Waals surface area contributed by atoms with Gasteiger partial charge >= 0.3 is 0 Å². The summed E-state index contributed by atoms with van der Waals surface area (Å²) in [6.45, 7) is 2.92. The maximum Gasteiger partial charge on any atom is 0.251 e. The van der Waals surface area contributed by atoms with Gasteiger partial charge in [-0.25, -0.2) is 0 Å². The average molecular weight is 285 g/mol. The summed E-state index contributed by atoms with van der Waals surface area (Å²) in [5, 5.41) is 2.81. The van der Waals surface area contributed by atoms with Crippen LogP contribution in [0.3, 0.4) is 0 Å². The minimum Gasteiger partial charge on any atom is -0.497 e. The SMILES string of the molecule is COc1ccc(C(=O)NCCOc2ccc(C)cc2)cc1. The zero-order valence-corrected chi connectivity index (χ0v) is 12.3. The Bertz CT molecular complexity index is 576. The number of ether oxygens (including phenoxy) is 2. The number of nitrogens with one attached hydrogen (secondary N) is 1. The molecule has 2 aromatic rings. The smallest absolute Gasteiger partial charge is 0.251 e. The van der Waals surface area contributed by atoms with Crippen LogP contribution in [0.5, 0.6) is 11.5 Å². The van der Waals surface area contributed by atoms with E-state index in [0.717, 1.165) is 11.5 Å². The van der Waals surface area contributed by atoms with E-state index >= 15 is 0 Å². The van der Waals surface area contributed by atoms with Gasteiger partial charge < -0.3 is 14.8 Å². The predicted molar refractivity (Wildman–Crippen MR) is 82.0 cm³/mol. The summed E-state index contributed by atoms with van der Waals surface area (Å²) in [6, 6.07) is 14.8. The van der Waals surface area contributed by atoms with E-state index in [1.165, 1.54) is 5.56 Å². The number of carbonyl (C=O) groups is 1. The van der Waals surface area contributed by atoms with E-state index in [1.807, 2.05) is 31.2 Å². The number of methoxy groups -OCH3 is 1. The highest BCUT2D eigenvalue weighted by Crippen LogP contribution is 2.12. The van der Waals surface area contributed by atoms with Gasteiger partial charge in [-0.1, -0.05) is 17.7 Å². The van der Waals surface area contributed by atoms with Crippen LogP contribution in [0.25, 0.3) is 0 Å². The molecule has 0 fully saturated rings. The largest absolute Gasteiger partial charge is 0.497 e. The third-order valence-corrected chi connectivity index (χ3v) is 3.03.